The maximum Gasteiger partial charge on any atom is 0.331 e. The highest BCUT2D eigenvalue weighted by atomic mass is 32.2. The van der Waals surface area contributed by atoms with Crippen LogP contribution in [0.4, 0.5) is 10.1 Å². The van der Waals surface area contributed by atoms with Crippen LogP contribution >= 0.6 is 11.8 Å². The maximum absolute atomic E-state index is 13.7. The highest BCUT2D eigenvalue weighted by molar-refractivity contribution is 7.99. The van der Waals surface area contributed by atoms with Crippen molar-refractivity contribution >= 4 is 23.4 Å². The van der Waals surface area contributed by atoms with E-state index >= 15 is 0 Å². The highest BCUT2D eigenvalue weighted by Gasteiger charge is 2.41. The van der Waals surface area contributed by atoms with Crippen molar-refractivity contribution in [3.63, 3.8) is 0 Å². The lowest BCUT2D eigenvalue weighted by atomic mass is 9.91. The Balaban J connectivity index is 2.25. The number of halogens is 1. The van der Waals surface area contributed by atoms with Gasteiger partial charge in [0, 0.05) is 0 Å². The van der Waals surface area contributed by atoms with Crippen LogP contribution in [-0.2, 0) is 9.53 Å². The van der Waals surface area contributed by atoms with Crippen molar-refractivity contribution in [3.8, 4) is 0 Å². The second kappa shape index (κ2) is 5.61. The van der Waals surface area contributed by atoms with Gasteiger partial charge in [0.1, 0.15) is 11.4 Å². The van der Waals surface area contributed by atoms with Gasteiger partial charge in [-0.25, -0.2) is 9.18 Å². The van der Waals surface area contributed by atoms with Gasteiger partial charge in [0.15, 0.2) is 0 Å². The lowest BCUT2D eigenvalue weighted by Gasteiger charge is -2.35. The van der Waals surface area contributed by atoms with Crippen molar-refractivity contribution in [2.75, 3.05) is 23.9 Å². The van der Waals surface area contributed by atoms with Crippen LogP contribution in [0.15, 0.2) is 24.3 Å². The minimum absolute atomic E-state index is 0.314. The van der Waals surface area contributed by atoms with Gasteiger partial charge in [0.05, 0.1) is 12.8 Å². The molecule has 0 radical (unpaired) electrons. The fourth-order valence-corrected chi connectivity index (χ4v) is 3.31. The molecule has 1 saturated heterocycles. The van der Waals surface area contributed by atoms with Gasteiger partial charge < -0.3 is 10.1 Å². The number of methoxy groups -OCH3 is 1. The summed E-state index contributed by atoms with van der Waals surface area (Å²) in [5.74, 6) is 1.08. The Morgan fingerprint density at radius 3 is 2.67 bits per heavy atom. The van der Waals surface area contributed by atoms with Crippen LogP contribution in [-0.4, -0.2) is 30.1 Å². The van der Waals surface area contributed by atoms with Crippen molar-refractivity contribution in [1.82, 2.24) is 0 Å². The van der Waals surface area contributed by atoms with Crippen LogP contribution in [0.25, 0.3) is 0 Å². The van der Waals surface area contributed by atoms with E-state index in [4.69, 9.17) is 4.74 Å². The molecule has 0 amide bonds. The molecule has 0 aromatic heterocycles. The lowest BCUT2D eigenvalue weighted by Crippen LogP contribution is -2.50. The third kappa shape index (κ3) is 2.61. The number of rotatable bonds is 3. The summed E-state index contributed by atoms with van der Waals surface area (Å²) in [7, 11) is 1.37. The van der Waals surface area contributed by atoms with Crippen molar-refractivity contribution in [3.05, 3.63) is 30.1 Å². The Morgan fingerprint density at radius 2 is 2.06 bits per heavy atom. The van der Waals surface area contributed by atoms with Crippen LogP contribution < -0.4 is 5.32 Å². The van der Waals surface area contributed by atoms with Crippen LogP contribution in [0.2, 0.25) is 0 Å². The minimum Gasteiger partial charge on any atom is -0.467 e. The Bertz CT molecular complexity index is 433. The monoisotopic (exact) mass is 269 g/mol. The molecule has 0 atom stereocenters. The van der Waals surface area contributed by atoms with Crippen LogP contribution in [0.3, 0.4) is 0 Å². The fraction of sp³-hybridized carbons (Fsp3) is 0.462. The van der Waals surface area contributed by atoms with E-state index in [0.717, 1.165) is 11.5 Å². The smallest absolute Gasteiger partial charge is 0.331 e. The second-order valence-corrected chi connectivity index (χ2v) is 5.52. The molecule has 1 N–H and O–H groups in total. The van der Waals surface area contributed by atoms with Crippen LogP contribution in [0.1, 0.15) is 12.8 Å². The number of para-hydroxylation sites is 1. The zero-order valence-corrected chi connectivity index (χ0v) is 11.1. The van der Waals surface area contributed by atoms with E-state index in [1.54, 1.807) is 30.0 Å². The van der Waals surface area contributed by atoms with Gasteiger partial charge in [-0.15, -0.1) is 0 Å². The maximum atomic E-state index is 13.7. The molecule has 1 aliphatic heterocycles. The third-order valence-corrected chi connectivity index (χ3v) is 4.16. The van der Waals surface area contributed by atoms with Gasteiger partial charge in [0.25, 0.3) is 0 Å². The van der Waals surface area contributed by atoms with Gasteiger partial charge in [-0.3, -0.25) is 0 Å². The number of esters is 1. The van der Waals surface area contributed by atoms with E-state index in [9.17, 15) is 9.18 Å². The number of anilines is 1. The predicted octanol–water partition coefficient (Wildman–Crippen LogP) is 2.68. The fourth-order valence-electron chi connectivity index (χ4n) is 2.12. The SMILES string of the molecule is COC(=O)C1(Nc2ccccc2F)CCSCC1. The first-order valence-corrected chi connectivity index (χ1v) is 7.02. The first kappa shape index (κ1) is 13.2. The van der Waals surface area contributed by atoms with E-state index < -0.39 is 5.54 Å². The second-order valence-electron chi connectivity index (χ2n) is 4.29. The zero-order valence-electron chi connectivity index (χ0n) is 10.2. The van der Waals surface area contributed by atoms with E-state index in [1.807, 2.05) is 0 Å². The van der Waals surface area contributed by atoms with E-state index in [2.05, 4.69) is 5.32 Å². The largest absolute Gasteiger partial charge is 0.467 e. The third-order valence-electron chi connectivity index (χ3n) is 3.17. The number of hydrogen-bond donors (Lipinski definition) is 1. The standard InChI is InChI=1S/C13H16FNO2S/c1-17-12(16)13(6-8-18-9-7-13)15-11-5-3-2-4-10(11)14/h2-5,15H,6-9H2,1H3. The summed E-state index contributed by atoms with van der Waals surface area (Å²) >= 11 is 1.80. The summed E-state index contributed by atoms with van der Waals surface area (Å²) in [6.07, 6.45) is 1.30. The first-order valence-electron chi connectivity index (χ1n) is 5.87. The molecule has 0 unspecified atom stereocenters. The molecule has 18 heavy (non-hydrogen) atoms. The molecule has 98 valence electrons. The molecule has 0 saturated carbocycles. The Hall–Kier alpha value is -1.23. The number of carbonyl (C=O) groups excluding carboxylic acids is 1. The van der Waals surface area contributed by atoms with Gasteiger partial charge in [-0.05, 0) is 36.5 Å². The number of nitrogens with one attached hydrogen (secondary N) is 1. The molecule has 1 aliphatic rings. The van der Waals surface area contributed by atoms with Gasteiger partial charge in [-0.2, -0.15) is 11.8 Å². The highest BCUT2D eigenvalue weighted by Crippen LogP contribution is 2.32. The normalized spacial score (nSPS) is 18.1. The molecule has 2 rings (SSSR count). The Labute approximate surface area is 110 Å². The molecule has 0 aliphatic carbocycles. The lowest BCUT2D eigenvalue weighted by molar-refractivity contribution is -0.146. The van der Waals surface area contributed by atoms with E-state index in [-0.39, 0.29) is 11.8 Å². The number of thioether (sulfide) groups is 1. The summed E-state index contributed by atoms with van der Waals surface area (Å²) in [6.45, 7) is 0. The van der Waals surface area contributed by atoms with Gasteiger partial charge >= 0.3 is 5.97 Å². The Kier molecular flexibility index (Phi) is 4.11. The number of hydrogen-bond acceptors (Lipinski definition) is 4. The summed E-state index contributed by atoms with van der Waals surface area (Å²) < 4.78 is 18.5. The topological polar surface area (TPSA) is 38.3 Å². The van der Waals surface area contributed by atoms with Crippen molar-refractivity contribution in [1.29, 1.82) is 0 Å². The molecule has 1 aromatic rings. The quantitative estimate of drug-likeness (QED) is 0.856. The molecule has 0 bridgehead atoms. The van der Waals surface area contributed by atoms with Crippen LogP contribution in [0, 0.1) is 5.82 Å². The Morgan fingerprint density at radius 1 is 1.39 bits per heavy atom. The van der Waals surface area contributed by atoms with Crippen molar-refractivity contribution in [2.45, 2.75) is 18.4 Å². The van der Waals surface area contributed by atoms with E-state index in [1.165, 1.54) is 13.2 Å². The first-order chi connectivity index (χ1) is 8.68. The molecule has 1 fully saturated rings. The van der Waals surface area contributed by atoms with Gasteiger partial charge in [-0.1, -0.05) is 12.1 Å². The molecule has 1 heterocycles. The molecule has 5 heteroatoms. The van der Waals surface area contributed by atoms with Gasteiger partial charge in [0.2, 0.25) is 0 Å². The van der Waals surface area contributed by atoms with Crippen molar-refractivity contribution < 1.29 is 13.9 Å². The molecular formula is C13H16FNO2S. The zero-order chi connectivity index (χ0) is 13.0. The molecule has 1 aromatic carbocycles. The summed E-state index contributed by atoms with van der Waals surface area (Å²) in [5.41, 5.74) is -0.433. The molecular weight excluding hydrogens is 253 g/mol. The summed E-state index contributed by atoms with van der Waals surface area (Å²) in [6, 6.07) is 6.39. The minimum atomic E-state index is -0.789. The molecule has 0 spiro atoms. The summed E-state index contributed by atoms with van der Waals surface area (Å²) in [5, 5.41) is 3.05. The van der Waals surface area contributed by atoms with E-state index in [0.29, 0.717) is 18.5 Å². The number of ether oxygens (including phenoxy) is 1. The average Bonchev–Trinajstić information content (AvgIpc) is 2.41. The summed E-state index contributed by atoms with van der Waals surface area (Å²) in [4.78, 5) is 12.0. The van der Waals surface area contributed by atoms with Crippen molar-refractivity contribution in [2.24, 2.45) is 0 Å². The number of benzene rings is 1. The predicted molar refractivity (Wildman–Crippen MR) is 71.3 cm³/mol. The molecule has 3 nitrogen and oxygen atoms in total. The number of carbonyl (C=O) groups is 1. The van der Waals surface area contributed by atoms with Crippen LogP contribution in [0.5, 0.6) is 0 Å². The average molecular weight is 269 g/mol.